The van der Waals surface area contributed by atoms with E-state index in [-0.39, 0.29) is 6.09 Å². The molecule has 17 heavy (non-hydrogen) atoms. The molecule has 0 spiro atoms. The van der Waals surface area contributed by atoms with Crippen LogP contribution in [-0.2, 0) is 4.74 Å². The van der Waals surface area contributed by atoms with Crippen molar-refractivity contribution in [3.8, 4) is 0 Å². The highest BCUT2D eigenvalue weighted by atomic mass is 16.6. The molecular weight excluding hydrogens is 216 g/mol. The maximum Gasteiger partial charge on any atom is 0.410 e. The van der Waals surface area contributed by atoms with Crippen LogP contribution in [0.5, 0.6) is 0 Å². The van der Waals surface area contributed by atoms with Crippen molar-refractivity contribution in [2.45, 2.75) is 44.7 Å². The first-order valence-electron chi connectivity index (χ1n) is 6.91. The van der Waals surface area contributed by atoms with Crippen molar-refractivity contribution in [3.63, 3.8) is 0 Å². The molecular formula is C13H22N2O2. The minimum atomic E-state index is -0.0904. The molecule has 0 aromatic heterocycles. The van der Waals surface area contributed by atoms with E-state index in [0.29, 0.717) is 24.6 Å². The predicted molar refractivity (Wildman–Crippen MR) is 64.4 cm³/mol. The van der Waals surface area contributed by atoms with Crippen molar-refractivity contribution in [2.75, 3.05) is 13.2 Å². The van der Waals surface area contributed by atoms with Crippen molar-refractivity contribution in [1.29, 1.82) is 0 Å². The van der Waals surface area contributed by atoms with Gasteiger partial charge in [-0.1, -0.05) is 0 Å². The van der Waals surface area contributed by atoms with E-state index in [9.17, 15) is 4.79 Å². The van der Waals surface area contributed by atoms with Crippen LogP contribution in [0.25, 0.3) is 0 Å². The number of hydrogen-bond donors (Lipinski definition) is 1. The summed E-state index contributed by atoms with van der Waals surface area (Å²) >= 11 is 0. The molecule has 3 rings (SSSR count). The lowest BCUT2D eigenvalue weighted by Gasteiger charge is -2.38. The zero-order chi connectivity index (χ0) is 12.0. The maximum atomic E-state index is 12.0. The summed E-state index contributed by atoms with van der Waals surface area (Å²) in [5, 5.41) is 0. The van der Waals surface area contributed by atoms with Gasteiger partial charge in [0, 0.05) is 12.1 Å². The monoisotopic (exact) mass is 238 g/mol. The molecule has 96 valence electrons. The van der Waals surface area contributed by atoms with Crippen molar-refractivity contribution in [2.24, 2.45) is 23.5 Å². The Morgan fingerprint density at radius 2 is 1.88 bits per heavy atom. The zero-order valence-corrected chi connectivity index (χ0v) is 10.5. The van der Waals surface area contributed by atoms with Crippen LogP contribution in [0.1, 0.15) is 32.6 Å². The first-order valence-corrected chi connectivity index (χ1v) is 6.91. The summed E-state index contributed by atoms with van der Waals surface area (Å²) in [4.78, 5) is 14.1. The second kappa shape index (κ2) is 4.16. The lowest BCUT2D eigenvalue weighted by Crippen LogP contribution is -2.49. The molecule has 2 saturated heterocycles. The standard InChI is InChI=1S/C13H22N2O2/c1-2-17-13(16)15-11-5-8(7-14)6-12(15)10-4-3-9(10)11/h8-12H,2-7,14H2,1H3/t8?,9-,10?,11?,12?/m0/s1. The third-order valence-electron chi connectivity index (χ3n) is 5.05. The highest BCUT2D eigenvalue weighted by Gasteiger charge is 2.58. The summed E-state index contributed by atoms with van der Waals surface area (Å²) in [5.74, 6) is 2.09. The van der Waals surface area contributed by atoms with Gasteiger partial charge in [0.1, 0.15) is 0 Å². The Hall–Kier alpha value is -0.770. The fraction of sp³-hybridized carbons (Fsp3) is 0.923. The number of piperidine rings is 1. The number of rotatable bonds is 2. The van der Waals surface area contributed by atoms with Gasteiger partial charge in [0.25, 0.3) is 0 Å². The Bertz CT molecular complexity index is 301. The Balaban J connectivity index is 1.80. The summed E-state index contributed by atoms with van der Waals surface area (Å²) in [6.07, 6.45) is 4.67. The summed E-state index contributed by atoms with van der Waals surface area (Å²) in [5.41, 5.74) is 5.81. The average Bonchev–Trinajstić information content (AvgIpc) is 2.39. The summed E-state index contributed by atoms with van der Waals surface area (Å²) in [6.45, 7) is 3.12. The Morgan fingerprint density at radius 1 is 1.29 bits per heavy atom. The van der Waals surface area contributed by atoms with E-state index in [2.05, 4.69) is 4.90 Å². The molecule has 3 aliphatic rings. The number of carbonyl (C=O) groups excluding carboxylic acids is 1. The molecule has 2 aliphatic heterocycles. The fourth-order valence-corrected chi connectivity index (χ4v) is 4.18. The molecule has 4 heteroatoms. The number of fused-ring (bicyclic) bond motifs is 5. The predicted octanol–water partition coefficient (Wildman–Crippen LogP) is 1.59. The molecule has 0 aromatic rings. The van der Waals surface area contributed by atoms with E-state index in [0.717, 1.165) is 31.2 Å². The maximum absolute atomic E-state index is 12.0. The van der Waals surface area contributed by atoms with Gasteiger partial charge < -0.3 is 15.4 Å². The number of nitrogens with zero attached hydrogens (tertiary/aromatic N) is 1. The summed E-state index contributed by atoms with van der Waals surface area (Å²) in [7, 11) is 0. The Morgan fingerprint density at radius 3 is 2.29 bits per heavy atom. The van der Waals surface area contributed by atoms with E-state index < -0.39 is 0 Å². The smallest absolute Gasteiger partial charge is 0.410 e. The van der Waals surface area contributed by atoms with Crippen molar-refractivity contribution in [3.05, 3.63) is 0 Å². The summed E-state index contributed by atoms with van der Waals surface area (Å²) < 4.78 is 5.21. The Labute approximate surface area is 102 Å². The van der Waals surface area contributed by atoms with Gasteiger partial charge >= 0.3 is 6.09 Å². The number of carbonyl (C=O) groups is 1. The van der Waals surface area contributed by atoms with E-state index >= 15 is 0 Å². The van der Waals surface area contributed by atoms with E-state index in [1.54, 1.807) is 0 Å². The topological polar surface area (TPSA) is 55.6 Å². The molecule has 1 amide bonds. The van der Waals surface area contributed by atoms with Gasteiger partial charge in [-0.2, -0.15) is 0 Å². The van der Waals surface area contributed by atoms with Gasteiger partial charge in [0.2, 0.25) is 0 Å². The van der Waals surface area contributed by atoms with E-state index in [4.69, 9.17) is 10.5 Å². The van der Waals surface area contributed by atoms with Crippen molar-refractivity contribution in [1.82, 2.24) is 4.90 Å². The van der Waals surface area contributed by atoms with Crippen LogP contribution < -0.4 is 5.73 Å². The van der Waals surface area contributed by atoms with Crippen molar-refractivity contribution >= 4 is 6.09 Å². The quantitative estimate of drug-likeness (QED) is 0.795. The number of hydrogen-bond acceptors (Lipinski definition) is 3. The largest absolute Gasteiger partial charge is 0.450 e. The Kier molecular flexibility index (Phi) is 2.77. The number of amides is 1. The number of ether oxygens (including phenoxy) is 1. The van der Waals surface area contributed by atoms with Crippen LogP contribution in [0.2, 0.25) is 0 Å². The molecule has 0 aromatic carbocycles. The molecule has 3 fully saturated rings. The van der Waals surface area contributed by atoms with Gasteiger partial charge in [0.15, 0.2) is 0 Å². The second-order valence-electron chi connectivity index (χ2n) is 5.72. The normalized spacial score (nSPS) is 42.9. The third kappa shape index (κ3) is 1.57. The van der Waals surface area contributed by atoms with Crippen LogP contribution in [0, 0.1) is 17.8 Å². The first kappa shape index (κ1) is 11.3. The van der Waals surface area contributed by atoms with Crippen LogP contribution >= 0.6 is 0 Å². The van der Waals surface area contributed by atoms with E-state index in [1.807, 2.05) is 6.92 Å². The third-order valence-corrected chi connectivity index (χ3v) is 5.05. The minimum absolute atomic E-state index is 0.0904. The average molecular weight is 238 g/mol. The second-order valence-corrected chi connectivity index (χ2v) is 5.72. The molecule has 0 radical (unpaired) electrons. The molecule has 2 N–H and O–H groups in total. The molecule has 2 bridgehead atoms. The van der Waals surface area contributed by atoms with Crippen LogP contribution in [-0.4, -0.2) is 36.2 Å². The van der Waals surface area contributed by atoms with Gasteiger partial charge in [-0.3, -0.25) is 0 Å². The van der Waals surface area contributed by atoms with Gasteiger partial charge in [-0.25, -0.2) is 4.79 Å². The highest BCUT2D eigenvalue weighted by Crippen LogP contribution is 2.55. The van der Waals surface area contributed by atoms with E-state index in [1.165, 1.54) is 12.8 Å². The molecule has 4 nitrogen and oxygen atoms in total. The summed E-state index contributed by atoms with van der Waals surface area (Å²) in [6, 6.07) is 0.834. The first-order chi connectivity index (χ1) is 8.26. The van der Waals surface area contributed by atoms with Crippen LogP contribution in [0.3, 0.4) is 0 Å². The van der Waals surface area contributed by atoms with Crippen LogP contribution in [0.4, 0.5) is 4.79 Å². The lowest BCUT2D eigenvalue weighted by atomic mass is 9.71. The van der Waals surface area contributed by atoms with Gasteiger partial charge in [-0.15, -0.1) is 0 Å². The van der Waals surface area contributed by atoms with Crippen molar-refractivity contribution < 1.29 is 9.53 Å². The minimum Gasteiger partial charge on any atom is -0.450 e. The molecule has 1 saturated carbocycles. The van der Waals surface area contributed by atoms with Gasteiger partial charge in [-0.05, 0) is 56.9 Å². The molecule has 4 unspecified atom stereocenters. The number of nitrogens with two attached hydrogens (primary N) is 1. The molecule has 2 heterocycles. The zero-order valence-electron chi connectivity index (χ0n) is 10.5. The molecule has 1 aliphatic carbocycles. The molecule has 5 atom stereocenters. The SMILES string of the molecule is CCOC(=O)N1C2CC(CN)CC1[C@H]1CCC21. The fourth-order valence-electron chi connectivity index (χ4n) is 4.18. The highest BCUT2D eigenvalue weighted by molar-refractivity contribution is 5.69. The van der Waals surface area contributed by atoms with Gasteiger partial charge in [0.05, 0.1) is 6.61 Å². The lowest BCUT2D eigenvalue weighted by molar-refractivity contribution is 0.0570. The van der Waals surface area contributed by atoms with Crippen LogP contribution in [0.15, 0.2) is 0 Å².